The van der Waals surface area contributed by atoms with Crippen LogP contribution in [0.25, 0.3) is 0 Å². The molecule has 22 heavy (non-hydrogen) atoms. The van der Waals surface area contributed by atoms with Gasteiger partial charge < -0.3 is 0 Å². The SMILES string of the molecule is C=C1C2C3CC4(C5CCC6C=C(C)CCC6C5CCC14C)C32. The summed E-state index contributed by atoms with van der Waals surface area (Å²) in [4.78, 5) is 0. The van der Waals surface area contributed by atoms with Crippen LogP contribution in [-0.4, -0.2) is 0 Å². The van der Waals surface area contributed by atoms with E-state index in [1.807, 2.05) is 0 Å². The molecule has 0 radical (unpaired) electrons. The van der Waals surface area contributed by atoms with Gasteiger partial charge in [0.15, 0.2) is 0 Å². The first-order chi connectivity index (χ1) is 10.6. The third-order valence-electron chi connectivity index (χ3n) is 9.91. The molecular formula is C22H30. The molecule has 0 aromatic carbocycles. The monoisotopic (exact) mass is 294 g/mol. The summed E-state index contributed by atoms with van der Waals surface area (Å²) in [7, 11) is 0. The Morgan fingerprint density at radius 3 is 2.82 bits per heavy atom. The minimum Gasteiger partial charge on any atom is -0.0990 e. The molecule has 0 N–H and O–H groups in total. The molecule has 0 aromatic heterocycles. The normalized spacial score (nSPS) is 63.8. The lowest BCUT2D eigenvalue weighted by Gasteiger charge is -2.66. The van der Waals surface area contributed by atoms with Crippen molar-refractivity contribution < 1.29 is 0 Å². The molecular weight excluding hydrogens is 264 g/mol. The van der Waals surface area contributed by atoms with Crippen molar-refractivity contribution >= 4 is 0 Å². The van der Waals surface area contributed by atoms with Crippen molar-refractivity contribution in [3.63, 3.8) is 0 Å². The van der Waals surface area contributed by atoms with E-state index in [4.69, 9.17) is 0 Å². The van der Waals surface area contributed by atoms with Crippen LogP contribution in [0.2, 0.25) is 0 Å². The fourth-order valence-corrected chi connectivity index (χ4v) is 9.04. The van der Waals surface area contributed by atoms with Gasteiger partial charge in [-0.25, -0.2) is 0 Å². The first-order valence-electron chi connectivity index (χ1n) is 9.94. The van der Waals surface area contributed by atoms with Crippen molar-refractivity contribution in [1.82, 2.24) is 0 Å². The van der Waals surface area contributed by atoms with Gasteiger partial charge in [0.05, 0.1) is 0 Å². The molecule has 0 aliphatic heterocycles. The average molecular weight is 294 g/mol. The van der Waals surface area contributed by atoms with Crippen LogP contribution in [0.4, 0.5) is 0 Å². The van der Waals surface area contributed by atoms with Gasteiger partial charge in [0, 0.05) is 0 Å². The van der Waals surface area contributed by atoms with Crippen molar-refractivity contribution in [2.24, 2.45) is 52.3 Å². The third kappa shape index (κ3) is 1.11. The number of hydrogen-bond donors (Lipinski definition) is 0. The third-order valence-corrected chi connectivity index (χ3v) is 9.91. The molecule has 118 valence electrons. The Morgan fingerprint density at radius 2 is 1.95 bits per heavy atom. The van der Waals surface area contributed by atoms with Gasteiger partial charge in [0.2, 0.25) is 0 Å². The van der Waals surface area contributed by atoms with E-state index < -0.39 is 0 Å². The molecule has 0 nitrogen and oxygen atoms in total. The van der Waals surface area contributed by atoms with Gasteiger partial charge in [-0.3, -0.25) is 0 Å². The van der Waals surface area contributed by atoms with Crippen LogP contribution >= 0.6 is 0 Å². The summed E-state index contributed by atoms with van der Waals surface area (Å²) in [5.74, 6) is 7.24. The van der Waals surface area contributed by atoms with Crippen LogP contribution in [0.5, 0.6) is 0 Å². The number of allylic oxidation sites excluding steroid dienone is 3. The minimum atomic E-state index is 0.533. The van der Waals surface area contributed by atoms with Crippen LogP contribution in [0, 0.1) is 52.3 Å². The quantitative estimate of drug-likeness (QED) is 0.510. The Hall–Kier alpha value is -0.520. The van der Waals surface area contributed by atoms with Crippen molar-refractivity contribution in [3.8, 4) is 0 Å². The highest BCUT2D eigenvalue weighted by molar-refractivity contribution is 5.46. The number of fused-ring (bicyclic) bond motifs is 4. The average Bonchev–Trinajstić information content (AvgIpc) is 3.06. The molecule has 5 fully saturated rings. The summed E-state index contributed by atoms with van der Waals surface area (Å²) >= 11 is 0. The van der Waals surface area contributed by atoms with E-state index in [2.05, 4.69) is 26.5 Å². The summed E-state index contributed by atoms with van der Waals surface area (Å²) in [6.45, 7) is 9.62. The maximum atomic E-state index is 4.63. The maximum absolute atomic E-state index is 4.63. The fourth-order valence-electron chi connectivity index (χ4n) is 9.04. The molecule has 5 saturated carbocycles. The lowest BCUT2D eigenvalue weighted by atomic mass is 9.38. The van der Waals surface area contributed by atoms with Crippen molar-refractivity contribution in [3.05, 3.63) is 23.8 Å². The van der Waals surface area contributed by atoms with Gasteiger partial charge in [0.25, 0.3) is 0 Å². The zero-order valence-electron chi connectivity index (χ0n) is 14.3. The van der Waals surface area contributed by atoms with E-state index in [0.29, 0.717) is 5.41 Å². The van der Waals surface area contributed by atoms with Crippen LogP contribution in [0.15, 0.2) is 23.8 Å². The molecule has 1 spiro atoms. The zero-order chi connectivity index (χ0) is 14.9. The van der Waals surface area contributed by atoms with E-state index >= 15 is 0 Å². The van der Waals surface area contributed by atoms with Crippen LogP contribution < -0.4 is 0 Å². The molecule has 0 saturated heterocycles. The lowest BCUT2D eigenvalue weighted by molar-refractivity contribution is -0.156. The van der Waals surface area contributed by atoms with Crippen molar-refractivity contribution in [1.29, 1.82) is 0 Å². The number of rotatable bonds is 0. The Labute approximate surface area is 135 Å². The predicted molar refractivity (Wildman–Crippen MR) is 90.2 cm³/mol. The highest BCUT2D eigenvalue weighted by Crippen LogP contribution is 2.91. The molecule has 9 atom stereocenters. The van der Waals surface area contributed by atoms with Crippen LogP contribution in [0.3, 0.4) is 0 Å². The van der Waals surface area contributed by atoms with Gasteiger partial charge in [-0.05, 0) is 104 Å². The van der Waals surface area contributed by atoms with Gasteiger partial charge in [-0.1, -0.05) is 30.7 Å². The van der Waals surface area contributed by atoms with Crippen LogP contribution in [0.1, 0.15) is 58.8 Å². The van der Waals surface area contributed by atoms with E-state index in [9.17, 15) is 0 Å². The molecule has 0 heterocycles. The summed E-state index contributed by atoms with van der Waals surface area (Å²) in [5.41, 5.74) is 4.64. The van der Waals surface area contributed by atoms with E-state index in [1.165, 1.54) is 38.5 Å². The maximum Gasteiger partial charge on any atom is -0.00538 e. The Bertz CT molecular complexity index is 612. The van der Waals surface area contributed by atoms with E-state index in [1.54, 1.807) is 17.6 Å². The summed E-state index contributed by atoms with van der Waals surface area (Å²) in [6.07, 6.45) is 13.2. The second-order valence-corrected chi connectivity index (χ2v) is 10.1. The summed E-state index contributed by atoms with van der Waals surface area (Å²) in [5, 5.41) is 0. The molecule has 0 aromatic rings. The summed E-state index contributed by atoms with van der Waals surface area (Å²) in [6, 6.07) is 0. The van der Waals surface area contributed by atoms with Gasteiger partial charge in [-0.2, -0.15) is 0 Å². The highest BCUT2D eigenvalue weighted by atomic mass is 14.9. The molecule has 9 unspecified atom stereocenters. The molecule has 0 bridgehead atoms. The molecule has 0 amide bonds. The second-order valence-electron chi connectivity index (χ2n) is 10.1. The van der Waals surface area contributed by atoms with Gasteiger partial charge in [-0.15, -0.1) is 0 Å². The van der Waals surface area contributed by atoms with Gasteiger partial charge >= 0.3 is 0 Å². The van der Waals surface area contributed by atoms with Crippen LogP contribution in [-0.2, 0) is 0 Å². The zero-order valence-corrected chi connectivity index (χ0v) is 14.3. The fraction of sp³-hybridized carbons (Fsp3) is 0.818. The predicted octanol–water partition coefficient (Wildman–Crippen LogP) is 5.61. The van der Waals surface area contributed by atoms with Crippen molar-refractivity contribution in [2.45, 2.75) is 58.8 Å². The smallest absolute Gasteiger partial charge is 0.00538 e. The molecule has 0 heteroatoms. The van der Waals surface area contributed by atoms with E-state index in [0.717, 1.165) is 46.8 Å². The molecule has 6 aliphatic rings. The van der Waals surface area contributed by atoms with E-state index in [-0.39, 0.29) is 0 Å². The molecule has 6 rings (SSSR count). The largest absolute Gasteiger partial charge is 0.0990 e. The van der Waals surface area contributed by atoms with Gasteiger partial charge in [0.1, 0.15) is 0 Å². The first-order valence-corrected chi connectivity index (χ1v) is 9.94. The molecule has 6 aliphatic carbocycles. The lowest BCUT2D eigenvalue weighted by Crippen LogP contribution is -2.59. The Balaban J connectivity index is 1.41. The second kappa shape index (κ2) is 3.60. The highest BCUT2D eigenvalue weighted by Gasteiger charge is 2.85. The Morgan fingerprint density at radius 1 is 1.09 bits per heavy atom. The number of hydrogen-bond acceptors (Lipinski definition) is 0. The Kier molecular flexibility index (Phi) is 2.10. The minimum absolute atomic E-state index is 0.533. The first kappa shape index (κ1) is 12.8. The van der Waals surface area contributed by atoms with Crippen molar-refractivity contribution in [2.75, 3.05) is 0 Å². The standard InChI is InChI=1S/C22H30/c1-12-4-6-15-14(10-12)5-7-18-16(15)8-9-21(3)13(2)19-17-11-22(18,21)20(17)19/h10,14-20H,2,4-9,11H2,1,3H3. The summed E-state index contributed by atoms with van der Waals surface area (Å²) < 4.78 is 0. The topological polar surface area (TPSA) is 0 Å².